The molecule has 13 nitrogen and oxygen atoms in total. The molecule has 2 amide bonds. The topological polar surface area (TPSA) is 171 Å². The maximum Gasteiger partial charge on any atom is 0.419 e. The number of benzene rings is 2. The summed E-state index contributed by atoms with van der Waals surface area (Å²) in [6, 6.07) is 14.7. The summed E-state index contributed by atoms with van der Waals surface area (Å²) in [6.07, 6.45) is 2.11. The monoisotopic (exact) mass is 729 g/mol. The van der Waals surface area contributed by atoms with Gasteiger partial charge in [-0.15, -0.1) is 0 Å². The molecule has 3 aromatic rings. The van der Waals surface area contributed by atoms with Crippen molar-refractivity contribution in [2.45, 2.75) is 97.4 Å². The van der Waals surface area contributed by atoms with E-state index in [-0.39, 0.29) is 51.0 Å². The first-order valence-electron chi connectivity index (χ1n) is 17.4. The van der Waals surface area contributed by atoms with Crippen LogP contribution in [0.1, 0.15) is 77.8 Å². The van der Waals surface area contributed by atoms with Gasteiger partial charge in [0.1, 0.15) is 30.2 Å². The zero-order valence-electron chi connectivity index (χ0n) is 30.2. The number of Topliss-reactive ketones (excluding diaryl/α,β-unsaturated/α-hetero) is 1. The van der Waals surface area contributed by atoms with Gasteiger partial charge in [-0.3, -0.25) is 18.7 Å². The second-order valence-corrected chi connectivity index (χ2v) is 15.2. The minimum absolute atomic E-state index is 0.0114. The first-order valence-corrected chi connectivity index (χ1v) is 19.1. The van der Waals surface area contributed by atoms with Gasteiger partial charge in [0.05, 0.1) is 31.4 Å². The number of alkyl carbamates (subject to hydrolysis) is 1. The number of ether oxygens (including phenoxy) is 2. The molecule has 0 saturated carbocycles. The Hall–Kier alpha value is -4.03. The SMILES string of the molecule is CCOP(=O)(CC(=O)CCCCCC(NC(=O)OCc1ccccc1)C(=O)N[C@H](CO)Cc1cn(C(=O)OC(C)(C)C)c2ccccc12)OCC. The number of unbranched alkanes of at least 4 members (excludes halogenated alkanes) is 2. The molecule has 0 saturated heterocycles. The van der Waals surface area contributed by atoms with Gasteiger partial charge < -0.3 is 34.3 Å². The first kappa shape index (κ1) is 41.4. The van der Waals surface area contributed by atoms with Crippen LogP contribution in [0.5, 0.6) is 0 Å². The maximum absolute atomic E-state index is 13.6. The number of amides is 2. The fraction of sp³-hybridized carbons (Fsp3) is 0.514. The van der Waals surface area contributed by atoms with Crippen molar-refractivity contribution in [1.29, 1.82) is 0 Å². The van der Waals surface area contributed by atoms with E-state index in [0.29, 0.717) is 30.3 Å². The lowest BCUT2D eigenvalue weighted by molar-refractivity contribution is -0.124. The maximum atomic E-state index is 13.6. The van der Waals surface area contributed by atoms with Gasteiger partial charge in [0, 0.05) is 18.0 Å². The van der Waals surface area contributed by atoms with Gasteiger partial charge in [0.2, 0.25) is 5.91 Å². The van der Waals surface area contributed by atoms with E-state index in [1.54, 1.807) is 46.9 Å². The molecule has 0 radical (unpaired) electrons. The molecule has 280 valence electrons. The van der Waals surface area contributed by atoms with Crippen LogP contribution in [0, 0.1) is 0 Å². The fourth-order valence-electron chi connectivity index (χ4n) is 5.44. The number of hydrogen-bond acceptors (Lipinski definition) is 10. The molecule has 14 heteroatoms. The van der Waals surface area contributed by atoms with Crippen LogP contribution >= 0.6 is 7.60 Å². The van der Waals surface area contributed by atoms with E-state index < -0.39 is 50.0 Å². The number of aliphatic hydroxyl groups is 1. The van der Waals surface area contributed by atoms with Gasteiger partial charge in [-0.25, -0.2) is 9.59 Å². The predicted octanol–water partition coefficient (Wildman–Crippen LogP) is 6.52. The Labute approximate surface area is 299 Å². The van der Waals surface area contributed by atoms with Crippen molar-refractivity contribution in [3.63, 3.8) is 0 Å². The standard InChI is InChI=1S/C37H52N3O10P/c1-6-48-51(46,49-7-2)26-30(42)18-12-9-13-20-32(39-35(44)47-25-27-16-10-8-11-17-27)34(43)38-29(24-41)22-28-23-40(36(45)50-37(3,4)5)33-21-15-14-19-31(28)33/h8,10-11,14-17,19,21,23,29,32,41H,6-7,9,12-13,18,20,22,24-26H2,1-5H3,(H,38,43)(H,39,44)/t29-,32?/m0/s1. The first-order chi connectivity index (χ1) is 24.3. The number of carbonyl (C=O) groups excluding carboxylic acids is 4. The van der Waals surface area contributed by atoms with Crippen LogP contribution in [0.15, 0.2) is 60.8 Å². The van der Waals surface area contributed by atoms with E-state index in [9.17, 15) is 28.8 Å². The number of ketones is 1. The summed E-state index contributed by atoms with van der Waals surface area (Å²) >= 11 is 0. The molecular weight excluding hydrogens is 677 g/mol. The Kier molecular flexibility index (Phi) is 16.3. The Morgan fingerprint density at radius 2 is 1.57 bits per heavy atom. The van der Waals surface area contributed by atoms with Crippen molar-refractivity contribution >= 4 is 42.4 Å². The Morgan fingerprint density at radius 3 is 2.22 bits per heavy atom. The van der Waals surface area contributed by atoms with E-state index in [2.05, 4.69) is 10.6 Å². The zero-order valence-corrected chi connectivity index (χ0v) is 31.1. The summed E-state index contributed by atoms with van der Waals surface area (Å²) in [5.41, 5.74) is 1.41. The smallest absolute Gasteiger partial charge is 0.419 e. The minimum Gasteiger partial charge on any atom is -0.445 e. The number of fused-ring (bicyclic) bond motifs is 1. The van der Waals surface area contributed by atoms with Crippen LogP contribution in [0.4, 0.5) is 9.59 Å². The molecule has 0 aliphatic heterocycles. The summed E-state index contributed by atoms with van der Waals surface area (Å²) in [5.74, 6) is -0.761. The third-order valence-corrected chi connectivity index (χ3v) is 9.75. The van der Waals surface area contributed by atoms with Gasteiger partial charge in [0.15, 0.2) is 0 Å². The number of nitrogens with zero attached hydrogens (tertiary/aromatic N) is 1. The van der Waals surface area contributed by atoms with Crippen LogP contribution in [0.2, 0.25) is 0 Å². The molecule has 0 aliphatic carbocycles. The summed E-state index contributed by atoms with van der Waals surface area (Å²) in [4.78, 5) is 51.9. The minimum atomic E-state index is -3.48. The van der Waals surface area contributed by atoms with Crippen LogP contribution in [-0.4, -0.2) is 77.2 Å². The zero-order chi connectivity index (χ0) is 37.4. The summed E-state index contributed by atoms with van der Waals surface area (Å²) < 4.78 is 35.5. The Balaban J connectivity index is 1.67. The number of nitrogens with one attached hydrogen (secondary N) is 2. The van der Waals surface area contributed by atoms with E-state index in [1.807, 2.05) is 48.5 Å². The van der Waals surface area contributed by atoms with Crippen molar-refractivity contribution in [3.8, 4) is 0 Å². The van der Waals surface area contributed by atoms with Crippen LogP contribution in [-0.2, 0) is 45.7 Å². The number of aliphatic hydroxyl groups excluding tert-OH is 1. The van der Waals surface area contributed by atoms with Gasteiger partial charge in [-0.2, -0.15) is 0 Å². The molecule has 1 heterocycles. The Bertz CT molecular complexity index is 1630. The van der Waals surface area contributed by atoms with Gasteiger partial charge >= 0.3 is 19.8 Å². The highest BCUT2D eigenvalue weighted by Gasteiger charge is 2.28. The van der Waals surface area contributed by atoms with Gasteiger partial charge in [-0.1, -0.05) is 61.4 Å². The molecule has 0 fully saturated rings. The number of carbonyl (C=O) groups is 4. The highest BCUT2D eigenvalue weighted by atomic mass is 31.2. The van der Waals surface area contributed by atoms with Crippen molar-refractivity contribution < 1.29 is 47.4 Å². The Morgan fingerprint density at radius 1 is 0.902 bits per heavy atom. The molecule has 0 bridgehead atoms. The molecule has 3 N–H and O–H groups in total. The van der Waals surface area contributed by atoms with Crippen molar-refractivity contribution in [2.24, 2.45) is 0 Å². The lowest BCUT2D eigenvalue weighted by Gasteiger charge is -2.22. The predicted molar refractivity (Wildman–Crippen MR) is 194 cm³/mol. The lowest BCUT2D eigenvalue weighted by Crippen LogP contribution is -2.51. The highest BCUT2D eigenvalue weighted by molar-refractivity contribution is 7.54. The third kappa shape index (κ3) is 13.9. The van der Waals surface area contributed by atoms with Gasteiger partial charge in [0.25, 0.3) is 0 Å². The lowest BCUT2D eigenvalue weighted by atomic mass is 10.0. The van der Waals surface area contributed by atoms with Crippen LogP contribution < -0.4 is 10.6 Å². The molecule has 0 spiro atoms. The molecule has 1 unspecified atom stereocenters. The van der Waals surface area contributed by atoms with E-state index in [0.717, 1.165) is 10.9 Å². The molecule has 1 aromatic heterocycles. The van der Waals surface area contributed by atoms with E-state index in [4.69, 9.17) is 18.5 Å². The molecule has 0 aliphatic rings. The average Bonchev–Trinajstić information content (AvgIpc) is 3.44. The van der Waals surface area contributed by atoms with Crippen molar-refractivity contribution in [1.82, 2.24) is 15.2 Å². The van der Waals surface area contributed by atoms with Crippen molar-refractivity contribution in [3.05, 3.63) is 71.9 Å². The number of para-hydroxylation sites is 1. The highest BCUT2D eigenvalue weighted by Crippen LogP contribution is 2.48. The third-order valence-electron chi connectivity index (χ3n) is 7.71. The second-order valence-electron chi connectivity index (χ2n) is 13.1. The number of hydrogen-bond donors (Lipinski definition) is 3. The van der Waals surface area contributed by atoms with Crippen molar-refractivity contribution in [2.75, 3.05) is 26.0 Å². The van der Waals surface area contributed by atoms with E-state index >= 15 is 0 Å². The molecule has 2 atom stereocenters. The number of aromatic nitrogens is 1. The fourth-order valence-corrected chi connectivity index (χ4v) is 7.08. The quantitative estimate of drug-likeness (QED) is 0.0859. The summed E-state index contributed by atoms with van der Waals surface area (Å²) in [7, 11) is -3.48. The molecule has 3 rings (SSSR count). The average molecular weight is 730 g/mol. The largest absolute Gasteiger partial charge is 0.445 e. The molecular formula is C37H52N3O10P. The molecule has 51 heavy (non-hydrogen) atoms. The van der Waals surface area contributed by atoms with Gasteiger partial charge in [-0.05, 0) is 71.1 Å². The van der Waals surface area contributed by atoms with Crippen LogP contribution in [0.25, 0.3) is 10.9 Å². The molecule has 2 aromatic carbocycles. The van der Waals surface area contributed by atoms with Crippen LogP contribution in [0.3, 0.4) is 0 Å². The normalized spacial score (nSPS) is 13.0. The summed E-state index contributed by atoms with van der Waals surface area (Å²) in [6.45, 7) is 8.65. The summed E-state index contributed by atoms with van der Waals surface area (Å²) in [5, 5.41) is 16.6. The van der Waals surface area contributed by atoms with E-state index in [1.165, 1.54) is 4.57 Å². The number of rotatable bonds is 20. The second kappa shape index (κ2) is 20.1.